The van der Waals surface area contributed by atoms with E-state index in [1.165, 1.54) is 55.8 Å². The molecule has 13 heteroatoms. The number of amides is 1. The van der Waals surface area contributed by atoms with Crippen molar-refractivity contribution in [2.75, 3.05) is 38.8 Å². The number of carboxylic acid groups (broad SMARTS) is 1. The third-order valence-electron chi connectivity index (χ3n) is 9.55. The fraction of sp³-hybridized carbons (Fsp3) is 0.324. The zero-order valence-corrected chi connectivity index (χ0v) is 29.0. The molecule has 1 amide bonds. The van der Waals surface area contributed by atoms with E-state index in [1.54, 1.807) is 36.4 Å². The van der Waals surface area contributed by atoms with E-state index in [0.717, 1.165) is 25.9 Å². The Labute approximate surface area is 299 Å². The molecule has 1 N–H and O–H groups in total. The second-order valence-electron chi connectivity index (χ2n) is 12.5. The van der Waals surface area contributed by atoms with Gasteiger partial charge in [0.1, 0.15) is 22.0 Å². The molecule has 2 bridgehead atoms. The second-order valence-corrected chi connectivity index (χ2v) is 13.3. The molecule has 4 aromatic rings. The third-order valence-corrected chi connectivity index (χ3v) is 10.2. The Morgan fingerprint density at radius 1 is 1.02 bits per heavy atom. The number of carbonyl (C=O) groups excluding carboxylic acids is 1. The summed E-state index contributed by atoms with van der Waals surface area (Å²) in [5.74, 6) is -1.37. The van der Waals surface area contributed by atoms with Crippen molar-refractivity contribution >= 4 is 41.0 Å². The number of carbonyl (C=O) groups is 2. The lowest BCUT2D eigenvalue weighted by Gasteiger charge is -2.44. The molecule has 262 valence electrons. The van der Waals surface area contributed by atoms with Crippen molar-refractivity contribution < 1.29 is 38.0 Å². The van der Waals surface area contributed by atoms with Crippen molar-refractivity contribution in [3.63, 3.8) is 0 Å². The molecule has 0 saturated carbocycles. The number of fused-ring (bicyclic) bond motifs is 3. The Kier molecular flexibility index (Phi) is 10.7. The monoisotopic (exact) mass is 723 g/mol. The van der Waals surface area contributed by atoms with Gasteiger partial charge in [-0.25, -0.2) is 14.0 Å². The number of nitrogens with zero attached hydrogens (tertiary/aromatic N) is 3. The normalized spacial score (nSPS) is 18.7. The van der Waals surface area contributed by atoms with E-state index in [0.29, 0.717) is 45.0 Å². The first-order valence-electron chi connectivity index (χ1n) is 16.2. The standard InChI is InChI=1S/C37H36Cl2FN3O7/c1-48-33-10-8-24(16-34(33)49-2)26(17-28-29(38)19-42(47)20-30(28)39)27-15-22(7-9-25(27)36(44)45)18-43(32-6-4-3-5-31(32)40)37(46)50-35-21-41-13-11-23(35)12-14-41/h3-10,15-16,19-20,23,26,35H,11-14,17-18,21H2,1-2H3,(H,44,45)/t26-,35-/m0/s1. The van der Waals surface area contributed by atoms with Crippen LogP contribution < -0.4 is 19.1 Å². The number of aromatic carboxylic acids is 1. The topological polar surface area (TPSA) is 115 Å². The number of ether oxygens (including phenoxy) is 3. The first-order chi connectivity index (χ1) is 24.1. The minimum Gasteiger partial charge on any atom is -0.619 e. The number of hydrogen-bond acceptors (Lipinski definition) is 7. The predicted molar refractivity (Wildman–Crippen MR) is 186 cm³/mol. The summed E-state index contributed by atoms with van der Waals surface area (Å²) in [6.07, 6.45) is 3.30. The summed E-state index contributed by atoms with van der Waals surface area (Å²) >= 11 is 13.0. The molecule has 50 heavy (non-hydrogen) atoms. The molecule has 1 aromatic heterocycles. The average molecular weight is 725 g/mol. The van der Waals surface area contributed by atoms with Crippen molar-refractivity contribution in [3.05, 3.63) is 122 Å². The van der Waals surface area contributed by atoms with E-state index < -0.39 is 23.8 Å². The fourth-order valence-electron chi connectivity index (χ4n) is 6.94. The van der Waals surface area contributed by atoms with Crippen LogP contribution in [0.3, 0.4) is 0 Å². The zero-order valence-electron chi connectivity index (χ0n) is 27.5. The van der Waals surface area contributed by atoms with E-state index in [1.807, 2.05) is 0 Å². The molecular weight excluding hydrogens is 688 g/mol. The van der Waals surface area contributed by atoms with Crippen LogP contribution in [-0.2, 0) is 17.7 Å². The molecule has 3 fully saturated rings. The summed E-state index contributed by atoms with van der Waals surface area (Å²) in [5.41, 5.74) is 1.98. The Morgan fingerprint density at radius 2 is 1.72 bits per heavy atom. The lowest BCUT2D eigenvalue weighted by molar-refractivity contribution is -0.605. The number of anilines is 1. The van der Waals surface area contributed by atoms with Gasteiger partial charge in [-0.1, -0.05) is 53.5 Å². The Bertz CT molecular complexity index is 1880. The number of halogens is 3. The smallest absolute Gasteiger partial charge is 0.415 e. The van der Waals surface area contributed by atoms with Crippen LogP contribution >= 0.6 is 23.2 Å². The molecule has 3 aromatic carbocycles. The van der Waals surface area contributed by atoms with Gasteiger partial charge in [0.05, 0.1) is 32.0 Å². The van der Waals surface area contributed by atoms with E-state index in [9.17, 15) is 19.9 Å². The molecule has 0 radical (unpaired) electrons. The largest absolute Gasteiger partial charge is 0.619 e. The van der Waals surface area contributed by atoms with Gasteiger partial charge >= 0.3 is 12.1 Å². The van der Waals surface area contributed by atoms with Gasteiger partial charge in [0.15, 0.2) is 23.9 Å². The molecule has 4 heterocycles. The van der Waals surface area contributed by atoms with E-state index in [-0.39, 0.29) is 46.3 Å². The quantitative estimate of drug-likeness (QED) is 0.129. The number of benzene rings is 3. The molecule has 3 aliphatic rings. The van der Waals surface area contributed by atoms with E-state index in [4.69, 9.17) is 37.4 Å². The van der Waals surface area contributed by atoms with Crippen molar-refractivity contribution in [2.45, 2.75) is 37.8 Å². The highest BCUT2D eigenvalue weighted by Crippen LogP contribution is 2.39. The fourth-order valence-corrected chi connectivity index (χ4v) is 7.54. The molecule has 3 saturated heterocycles. The molecule has 0 unspecified atom stereocenters. The molecule has 2 atom stereocenters. The summed E-state index contributed by atoms with van der Waals surface area (Å²) in [6.45, 7) is 2.44. The summed E-state index contributed by atoms with van der Waals surface area (Å²) in [5, 5.41) is 22.7. The lowest BCUT2D eigenvalue weighted by Crippen LogP contribution is -2.53. The first-order valence-corrected chi connectivity index (χ1v) is 16.9. The number of carboxylic acids is 1. The summed E-state index contributed by atoms with van der Waals surface area (Å²) in [7, 11) is 3.00. The van der Waals surface area contributed by atoms with Crippen molar-refractivity contribution in [1.82, 2.24) is 4.90 Å². The summed E-state index contributed by atoms with van der Waals surface area (Å²) in [6, 6.07) is 15.9. The van der Waals surface area contributed by atoms with Gasteiger partial charge in [0.2, 0.25) is 0 Å². The average Bonchev–Trinajstić information content (AvgIpc) is 3.10. The van der Waals surface area contributed by atoms with Crippen LogP contribution in [0.5, 0.6) is 11.5 Å². The number of piperidine rings is 3. The van der Waals surface area contributed by atoms with Crippen LogP contribution in [-0.4, -0.2) is 62.0 Å². The number of methoxy groups -OCH3 is 2. The van der Waals surface area contributed by atoms with E-state index in [2.05, 4.69) is 4.90 Å². The summed E-state index contributed by atoms with van der Waals surface area (Å²) in [4.78, 5) is 30.1. The first kappa shape index (κ1) is 35.3. The lowest BCUT2D eigenvalue weighted by atomic mass is 9.82. The highest BCUT2D eigenvalue weighted by Gasteiger charge is 2.38. The molecule has 10 nitrogen and oxygen atoms in total. The van der Waals surface area contributed by atoms with Gasteiger partial charge in [-0.05, 0) is 85.3 Å². The highest BCUT2D eigenvalue weighted by molar-refractivity contribution is 6.35. The Balaban J connectivity index is 1.43. The number of aromatic nitrogens is 1. The van der Waals surface area contributed by atoms with Crippen molar-refractivity contribution in [3.8, 4) is 11.5 Å². The van der Waals surface area contributed by atoms with Crippen LogP contribution in [0.15, 0.2) is 73.1 Å². The molecule has 0 aliphatic carbocycles. The Hall–Kier alpha value is -4.58. The number of hydrogen-bond donors (Lipinski definition) is 1. The van der Waals surface area contributed by atoms with Crippen LogP contribution in [0.1, 0.15) is 51.4 Å². The van der Waals surface area contributed by atoms with Crippen LogP contribution in [0.2, 0.25) is 10.0 Å². The van der Waals surface area contributed by atoms with Crippen molar-refractivity contribution in [2.24, 2.45) is 5.92 Å². The maximum Gasteiger partial charge on any atom is 0.415 e. The third kappa shape index (κ3) is 7.45. The minimum absolute atomic E-state index is 0.0112. The van der Waals surface area contributed by atoms with E-state index >= 15 is 4.39 Å². The predicted octanol–water partition coefficient (Wildman–Crippen LogP) is 7.09. The van der Waals surface area contributed by atoms with Gasteiger partial charge in [-0.3, -0.25) is 9.80 Å². The minimum atomic E-state index is -1.19. The van der Waals surface area contributed by atoms with Gasteiger partial charge in [0, 0.05) is 18.0 Å². The number of pyridine rings is 1. The molecular formula is C37H36Cl2FN3O7. The van der Waals surface area contributed by atoms with Crippen LogP contribution in [0.4, 0.5) is 14.9 Å². The molecule has 3 aliphatic heterocycles. The highest BCUT2D eigenvalue weighted by atomic mass is 35.5. The maximum absolute atomic E-state index is 15.3. The Morgan fingerprint density at radius 3 is 2.34 bits per heavy atom. The van der Waals surface area contributed by atoms with Crippen molar-refractivity contribution in [1.29, 1.82) is 0 Å². The maximum atomic E-state index is 15.3. The molecule has 0 spiro atoms. The summed E-state index contributed by atoms with van der Waals surface area (Å²) < 4.78 is 32.8. The van der Waals surface area contributed by atoms with Gasteiger partial charge in [-0.2, -0.15) is 4.73 Å². The van der Waals surface area contributed by atoms with Gasteiger partial charge in [-0.15, -0.1) is 0 Å². The van der Waals surface area contributed by atoms with Gasteiger partial charge < -0.3 is 24.5 Å². The number of para-hydroxylation sites is 1. The molecule has 7 rings (SSSR count). The SMILES string of the molecule is COc1ccc([C@H](Cc2c(Cl)c[n+]([O-])cc2Cl)c2cc(CN(C(=O)O[C@H]3CN4CCC3CC4)c3ccccc3F)ccc2C(=O)O)cc1OC. The second kappa shape index (κ2) is 15.1. The van der Waals surface area contributed by atoms with Crippen LogP contribution in [0, 0.1) is 16.9 Å². The zero-order chi connectivity index (χ0) is 35.5. The van der Waals surface area contributed by atoms with Crippen LogP contribution in [0.25, 0.3) is 0 Å². The number of rotatable bonds is 11. The van der Waals surface area contributed by atoms with Gasteiger partial charge in [0.25, 0.3) is 0 Å².